The lowest BCUT2D eigenvalue weighted by Gasteiger charge is -2.32. The fraction of sp³-hybridized carbons (Fsp3) is 0.350. The van der Waals surface area contributed by atoms with Crippen molar-refractivity contribution in [2.75, 3.05) is 37.9 Å². The molecule has 0 aliphatic carbocycles. The third-order valence-corrected chi connectivity index (χ3v) is 6.18. The van der Waals surface area contributed by atoms with Crippen molar-refractivity contribution >= 4 is 21.6 Å². The molecule has 2 aromatic rings. The topological polar surface area (TPSA) is 69.7 Å². The van der Waals surface area contributed by atoms with Crippen LogP contribution in [0.2, 0.25) is 0 Å². The Morgan fingerprint density at radius 3 is 2.41 bits per heavy atom. The average Bonchev–Trinajstić information content (AvgIpc) is 2.65. The molecule has 3 rings (SSSR count). The molecule has 1 fully saturated rings. The van der Waals surface area contributed by atoms with Crippen LogP contribution in [-0.2, 0) is 10.0 Å². The maximum atomic E-state index is 12.8. The highest BCUT2D eigenvalue weighted by molar-refractivity contribution is 7.92. The van der Waals surface area contributed by atoms with Crippen molar-refractivity contribution in [2.45, 2.75) is 18.7 Å². The Balaban J connectivity index is 1.83. The van der Waals surface area contributed by atoms with Gasteiger partial charge >= 0.3 is 0 Å². The molecule has 144 valence electrons. The highest BCUT2D eigenvalue weighted by Crippen LogP contribution is 2.22. The van der Waals surface area contributed by atoms with Crippen LogP contribution in [0.5, 0.6) is 0 Å². The molecule has 0 atom stereocenters. The molecule has 0 bridgehead atoms. The molecule has 0 aromatic heterocycles. The van der Waals surface area contributed by atoms with Crippen LogP contribution in [0.15, 0.2) is 47.4 Å². The highest BCUT2D eigenvalue weighted by Gasteiger charge is 2.22. The van der Waals surface area contributed by atoms with Crippen molar-refractivity contribution in [3.05, 3.63) is 59.2 Å². The van der Waals surface area contributed by atoms with Crippen molar-refractivity contribution in [3.63, 3.8) is 0 Å². The number of carbonyl (C=O) groups excluding carboxylic acids is 1. The zero-order valence-electron chi connectivity index (χ0n) is 15.9. The van der Waals surface area contributed by atoms with Gasteiger partial charge in [0.25, 0.3) is 15.9 Å². The molecule has 1 heterocycles. The van der Waals surface area contributed by atoms with E-state index < -0.39 is 10.0 Å². The van der Waals surface area contributed by atoms with Crippen LogP contribution >= 0.6 is 0 Å². The number of amides is 1. The molecule has 2 aromatic carbocycles. The number of rotatable bonds is 4. The maximum Gasteiger partial charge on any atom is 0.261 e. The largest absolute Gasteiger partial charge is 0.336 e. The normalized spacial score (nSPS) is 15.6. The second kappa shape index (κ2) is 7.70. The standard InChI is InChI=1S/C20H25N3O3S/c1-15-7-8-16(2)19(13-15)21-27(25,26)18-6-4-5-17(14-18)20(24)23-11-9-22(3)10-12-23/h4-8,13-14,21H,9-12H2,1-3H3. The first kappa shape index (κ1) is 19.4. The van der Waals surface area contributed by atoms with Crippen LogP contribution in [0, 0.1) is 13.8 Å². The SMILES string of the molecule is Cc1ccc(C)c(NS(=O)(=O)c2cccc(C(=O)N3CCN(C)CC3)c2)c1. The van der Waals surface area contributed by atoms with Crippen LogP contribution < -0.4 is 4.72 Å². The number of aryl methyl sites for hydroxylation is 2. The zero-order valence-corrected chi connectivity index (χ0v) is 16.7. The molecule has 0 spiro atoms. The zero-order chi connectivity index (χ0) is 19.6. The summed E-state index contributed by atoms with van der Waals surface area (Å²) in [5, 5.41) is 0. The molecule has 1 aliphatic rings. The number of benzene rings is 2. The lowest BCUT2D eigenvalue weighted by Crippen LogP contribution is -2.47. The smallest absolute Gasteiger partial charge is 0.261 e. The number of nitrogens with one attached hydrogen (secondary N) is 1. The van der Waals surface area contributed by atoms with E-state index in [-0.39, 0.29) is 10.8 Å². The minimum absolute atomic E-state index is 0.0865. The van der Waals surface area contributed by atoms with E-state index in [1.807, 2.05) is 33.0 Å². The summed E-state index contributed by atoms with van der Waals surface area (Å²) < 4.78 is 28.3. The molecule has 0 saturated carbocycles. The van der Waals surface area contributed by atoms with Crippen LogP contribution in [0.4, 0.5) is 5.69 Å². The van der Waals surface area contributed by atoms with Crippen LogP contribution in [0.1, 0.15) is 21.5 Å². The number of nitrogens with zero attached hydrogens (tertiary/aromatic N) is 2. The lowest BCUT2D eigenvalue weighted by molar-refractivity contribution is 0.0664. The van der Waals surface area contributed by atoms with E-state index >= 15 is 0 Å². The molecular weight excluding hydrogens is 362 g/mol. The van der Waals surface area contributed by atoms with Crippen molar-refractivity contribution in [3.8, 4) is 0 Å². The Morgan fingerprint density at radius 1 is 1.00 bits per heavy atom. The number of piperazine rings is 1. The van der Waals surface area contributed by atoms with Gasteiger partial charge in [0.15, 0.2) is 0 Å². The third-order valence-electron chi connectivity index (χ3n) is 4.82. The number of anilines is 1. The van der Waals surface area contributed by atoms with Crippen LogP contribution in [-0.4, -0.2) is 57.4 Å². The summed E-state index contributed by atoms with van der Waals surface area (Å²) in [5.41, 5.74) is 2.75. The van der Waals surface area contributed by atoms with E-state index in [0.29, 0.717) is 24.3 Å². The fourth-order valence-electron chi connectivity index (χ4n) is 3.04. The summed E-state index contributed by atoms with van der Waals surface area (Å²) in [6.07, 6.45) is 0. The lowest BCUT2D eigenvalue weighted by atomic mass is 10.1. The van der Waals surface area contributed by atoms with E-state index in [4.69, 9.17) is 0 Å². The minimum atomic E-state index is -3.78. The van der Waals surface area contributed by atoms with Gasteiger partial charge < -0.3 is 9.80 Å². The second-order valence-electron chi connectivity index (χ2n) is 7.05. The van der Waals surface area contributed by atoms with Crippen molar-refractivity contribution < 1.29 is 13.2 Å². The van der Waals surface area contributed by atoms with E-state index in [0.717, 1.165) is 24.2 Å². The predicted octanol–water partition coefficient (Wildman–Crippen LogP) is 2.49. The molecule has 1 saturated heterocycles. The second-order valence-corrected chi connectivity index (χ2v) is 8.73. The van der Waals surface area contributed by atoms with Gasteiger partial charge in [-0.1, -0.05) is 18.2 Å². The Bertz CT molecular complexity index is 949. The molecule has 1 N–H and O–H groups in total. The van der Waals surface area contributed by atoms with Gasteiger partial charge in [-0.2, -0.15) is 0 Å². The van der Waals surface area contributed by atoms with Gasteiger partial charge in [0.05, 0.1) is 10.6 Å². The van der Waals surface area contributed by atoms with Gasteiger partial charge in [0.2, 0.25) is 0 Å². The highest BCUT2D eigenvalue weighted by atomic mass is 32.2. The van der Waals surface area contributed by atoms with Gasteiger partial charge in [-0.05, 0) is 56.3 Å². The molecule has 1 amide bonds. The van der Waals surface area contributed by atoms with Crippen LogP contribution in [0.3, 0.4) is 0 Å². The number of sulfonamides is 1. The summed E-state index contributed by atoms with van der Waals surface area (Å²) in [6.45, 7) is 6.69. The maximum absolute atomic E-state index is 12.8. The summed E-state index contributed by atoms with van der Waals surface area (Å²) in [4.78, 5) is 16.8. The number of hydrogen-bond acceptors (Lipinski definition) is 4. The summed E-state index contributed by atoms with van der Waals surface area (Å²) in [6, 6.07) is 11.8. The third kappa shape index (κ3) is 4.48. The van der Waals surface area contributed by atoms with Gasteiger partial charge in [0.1, 0.15) is 0 Å². The number of hydrogen-bond donors (Lipinski definition) is 1. The summed E-state index contributed by atoms with van der Waals surface area (Å²) in [7, 11) is -1.76. The Morgan fingerprint density at radius 2 is 1.70 bits per heavy atom. The van der Waals surface area contributed by atoms with E-state index in [2.05, 4.69) is 9.62 Å². The van der Waals surface area contributed by atoms with E-state index in [1.165, 1.54) is 12.1 Å². The molecule has 0 radical (unpaired) electrons. The van der Waals surface area contributed by atoms with Gasteiger partial charge in [-0.15, -0.1) is 0 Å². The first-order valence-corrected chi connectivity index (χ1v) is 10.4. The Labute approximate surface area is 160 Å². The molecule has 1 aliphatic heterocycles. The van der Waals surface area contributed by atoms with Crippen molar-refractivity contribution in [1.82, 2.24) is 9.80 Å². The summed E-state index contributed by atoms with van der Waals surface area (Å²) >= 11 is 0. The molecule has 0 unspecified atom stereocenters. The summed E-state index contributed by atoms with van der Waals surface area (Å²) in [5.74, 6) is -0.133. The monoisotopic (exact) mass is 387 g/mol. The molecule has 7 heteroatoms. The average molecular weight is 388 g/mol. The predicted molar refractivity (Wildman–Crippen MR) is 107 cm³/mol. The Kier molecular flexibility index (Phi) is 5.53. The van der Waals surface area contributed by atoms with Gasteiger partial charge in [0, 0.05) is 31.7 Å². The van der Waals surface area contributed by atoms with E-state index in [9.17, 15) is 13.2 Å². The van der Waals surface area contributed by atoms with E-state index in [1.54, 1.807) is 23.1 Å². The van der Waals surface area contributed by atoms with Gasteiger partial charge in [-0.25, -0.2) is 8.42 Å². The fourth-order valence-corrected chi connectivity index (χ4v) is 4.20. The van der Waals surface area contributed by atoms with Crippen LogP contribution in [0.25, 0.3) is 0 Å². The molecular formula is C20H25N3O3S. The van der Waals surface area contributed by atoms with Gasteiger partial charge in [-0.3, -0.25) is 9.52 Å². The van der Waals surface area contributed by atoms with Crippen molar-refractivity contribution in [2.24, 2.45) is 0 Å². The first-order valence-electron chi connectivity index (χ1n) is 8.94. The number of likely N-dealkylation sites (N-methyl/N-ethyl adjacent to an activating group) is 1. The quantitative estimate of drug-likeness (QED) is 0.875. The Hall–Kier alpha value is -2.38. The van der Waals surface area contributed by atoms with Crippen molar-refractivity contribution in [1.29, 1.82) is 0 Å². The molecule has 6 nitrogen and oxygen atoms in total. The first-order chi connectivity index (χ1) is 12.8. The minimum Gasteiger partial charge on any atom is -0.336 e. The number of carbonyl (C=O) groups is 1. The molecule has 27 heavy (non-hydrogen) atoms.